The van der Waals surface area contributed by atoms with Crippen LogP contribution in [0.25, 0.3) is 0 Å². The molecule has 0 heterocycles. The van der Waals surface area contributed by atoms with Gasteiger partial charge < -0.3 is 0 Å². The van der Waals surface area contributed by atoms with Gasteiger partial charge in [0.25, 0.3) is 5.76 Å². The molecule has 0 amide bonds. The van der Waals surface area contributed by atoms with E-state index in [0.29, 0.717) is 34.6 Å². The fourth-order valence-electron chi connectivity index (χ4n) is 1.17. The lowest BCUT2D eigenvalue weighted by molar-refractivity contribution is 0.252. The number of aryl methyl sites for hydroxylation is 1. The highest BCUT2D eigenvalue weighted by Gasteiger charge is 2.04. The molecule has 0 N–H and O–H groups in total. The average Bonchev–Trinajstić information content (AvgIpc) is 2.20. The van der Waals surface area contributed by atoms with Crippen LogP contribution in [-0.4, -0.2) is 11.5 Å². The lowest BCUT2D eigenvalue weighted by Crippen LogP contribution is -1.87. The van der Waals surface area contributed by atoms with Crippen molar-refractivity contribution in [2.75, 3.05) is 5.75 Å². The average molecular weight is 252 g/mol. The van der Waals surface area contributed by atoms with Gasteiger partial charge in [-0.25, -0.2) is 0 Å². The minimum atomic E-state index is -2.38. The van der Waals surface area contributed by atoms with Crippen LogP contribution in [-0.2, 0) is 6.42 Å². The van der Waals surface area contributed by atoms with Gasteiger partial charge >= 0.3 is 0 Å². The van der Waals surface area contributed by atoms with Crippen molar-refractivity contribution in [3.05, 3.63) is 29.8 Å². The van der Waals surface area contributed by atoms with Crippen molar-refractivity contribution in [1.82, 2.24) is 0 Å². The summed E-state index contributed by atoms with van der Waals surface area (Å²) in [6.45, 7) is 0. The summed E-state index contributed by atoms with van der Waals surface area (Å²) in [6.07, 6.45) is 1.55. The summed E-state index contributed by atoms with van der Waals surface area (Å²) in [6, 6.07) is 6.98. The standard InChI is InChI=1S/C10H11F3S2/c11-10(12)15-9-5-3-8(4-6-9)2-1-7-14-13/h3-6,10H,1-2,7H2. The number of alkyl halides is 2. The number of rotatable bonds is 6. The molecule has 0 unspecified atom stereocenters. The molecule has 0 fully saturated rings. The molecule has 0 saturated heterocycles. The Morgan fingerprint density at radius 3 is 2.33 bits per heavy atom. The lowest BCUT2D eigenvalue weighted by Gasteiger charge is -2.02. The van der Waals surface area contributed by atoms with E-state index in [1.54, 1.807) is 12.1 Å². The third-order valence-corrected chi connectivity index (χ3v) is 3.00. The van der Waals surface area contributed by atoms with Crippen LogP contribution < -0.4 is 0 Å². The summed E-state index contributed by atoms with van der Waals surface area (Å²) in [5, 5.41) is 0. The topological polar surface area (TPSA) is 0 Å². The van der Waals surface area contributed by atoms with Crippen LogP contribution in [0.15, 0.2) is 29.2 Å². The Balaban J connectivity index is 2.42. The van der Waals surface area contributed by atoms with E-state index in [1.165, 1.54) is 0 Å². The van der Waals surface area contributed by atoms with Gasteiger partial charge in [-0.1, -0.05) is 23.9 Å². The maximum atomic E-state index is 12.0. The first-order valence-corrected chi connectivity index (χ1v) is 6.26. The lowest BCUT2D eigenvalue weighted by atomic mass is 10.1. The predicted molar refractivity (Wildman–Crippen MR) is 60.2 cm³/mol. The van der Waals surface area contributed by atoms with E-state index in [-0.39, 0.29) is 0 Å². The number of thioether (sulfide) groups is 1. The van der Waals surface area contributed by atoms with Crippen molar-refractivity contribution in [1.29, 1.82) is 0 Å². The third kappa shape index (κ3) is 5.37. The Bertz CT molecular complexity index is 275. The SMILES string of the molecule is FSCCCc1ccc(SC(F)F)cc1. The van der Waals surface area contributed by atoms with Gasteiger partial charge in [0.05, 0.1) is 0 Å². The molecule has 0 saturated carbocycles. The largest absolute Gasteiger partial charge is 0.288 e. The van der Waals surface area contributed by atoms with Gasteiger partial charge in [-0.05, 0) is 30.5 Å². The molecule has 0 nitrogen and oxygen atoms in total. The monoisotopic (exact) mass is 252 g/mol. The summed E-state index contributed by atoms with van der Waals surface area (Å²) in [5.74, 6) is -1.90. The third-order valence-electron chi connectivity index (χ3n) is 1.84. The molecule has 0 bridgehead atoms. The van der Waals surface area contributed by atoms with Crippen molar-refractivity contribution < 1.29 is 12.7 Å². The second-order valence-electron chi connectivity index (χ2n) is 2.94. The molecule has 15 heavy (non-hydrogen) atoms. The van der Waals surface area contributed by atoms with E-state index in [0.717, 1.165) is 18.4 Å². The Hall–Kier alpha value is -0.290. The molecular weight excluding hydrogens is 241 g/mol. The zero-order chi connectivity index (χ0) is 11.1. The number of hydrogen-bond donors (Lipinski definition) is 0. The Labute approximate surface area is 95.9 Å². The molecule has 0 spiro atoms. The quantitative estimate of drug-likeness (QED) is 0.538. The Morgan fingerprint density at radius 1 is 1.13 bits per heavy atom. The Kier molecular flexibility index (Phi) is 6.02. The van der Waals surface area contributed by atoms with Gasteiger partial charge in [0.1, 0.15) is 0 Å². The fraction of sp³-hybridized carbons (Fsp3) is 0.400. The molecule has 1 aromatic rings. The number of benzene rings is 1. The molecule has 5 heteroatoms. The first kappa shape index (κ1) is 12.8. The molecule has 0 aliphatic carbocycles. The number of halogens is 3. The first-order chi connectivity index (χ1) is 7.22. The Morgan fingerprint density at radius 2 is 1.80 bits per heavy atom. The summed E-state index contributed by atoms with van der Waals surface area (Å²) in [7, 11) is 0. The molecule has 1 aromatic carbocycles. The van der Waals surface area contributed by atoms with Gasteiger partial charge in [-0.2, -0.15) is 12.7 Å². The van der Waals surface area contributed by atoms with Gasteiger partial charge in [0.2, 0.25) is 0 Å². The number of hydrogen-bond acceptors (Lipinski definition) is 2. The van der Waals surface area contributed by atoms with E-state index in [2.05, 4.69) is 0 Å². The van der Waals surface area contributed by atoms with Crippen molar-refractivity contribution in [2.45, 2.75) is 23.5 Å². The van der Waals surface area contributed by atoms with Gasteiger partial charge in [0.15, 0.2) is 0 Å². The molecule has 1 rings (SSSR count). The highest BCUT2D eigenvalue weighted by atomic mass is 32.2. The summed E-state index contributed by atoms with van der Waals surface area (Å²) >= 11 is 0.867. The molecule has 0 radical (unpaired) electrons. The second kappa shape index (κ2) is 7.06. The van der Waals surface area contributed by atoms with Crippen LogP contribution in [0.2, 0.25) is 0 Å². The molecule has 0 aliphatic heterocycles. The smallest absolute Gasteiger partial charge is 0.198 e. The fourth-order valence-corrected chi connectivity index (χ4v) is 1.92. The van der Waals surface area contributed by atoms with Crippen LogP contribution in [0.4, 0.5) is 12.7 Å². The summed E-state index contributed by atoms with van der Waals surface area (Å²) < 4.78 is 35.7. The molecule has 0 atom stereocenters. The van der Waals surface area contributed by atoms with Crippen LogP contribution in [0.1, 0.15) is 12.0 Å². The maximum Gasteiger partial charge on any atom is 0.288 e. The normalized spacial score (nSPS) is 10.9. The van der Waals surface area contributed by atoms with E-state index in [9.17, 15) is 12.7 Å². The van der Waals surface area contributed by atoms with Crippen LogP contribution >= 0.6 is 23.9 Å². The van der Waals surface area contributed by atoms with Crippen molar-refractivity contribution in [3.63, 3.8) is 0 Å². The van der Waals surface area contributed by atoms with E-state index < -0.39 is 5.76 Å². The van der Waals surface area contributed by atoms with Crippen LogP contribution in [0.3, 0.4) is 0 Å². The zero-order valence-corrected chi connectivity index (χ0v) is 9.59. The molecular formula is C10H11F3S2. The molecule has 84 valence electrons. The van der Waals surface area contributed by atoms with E-state index in [1.807, 2.05) is 12.1 Å². The van der Waals surface area contributed by atoms with Crippen LogP contribution in [0.5, 0.6) is 0 Å². The van der Waals surface area contributed by atoms with Crippen LogP contribution in [0, 0.1) is 0 Å². The summed E-state index contributed by atoms with van der Waals surface area (Å²) in [4.78, 5) is 0.564. The predicted octanol–water partition coefficient (Wildman–Crippen LogP) is 4.55. The van der Waals surface area contributed by atoms with E-state index >= 15 is 0 Å². The maximum absolute atomic E-state index is 12.0. The highest BCUT2D eigenvalue weighted by molar-refractivity contribution is 7.99. The van der Waals surface area contributed by atoms with Gasteiger partial charge in [-0.3, -0.25) is 0 Å². The van der Waals surface area contributed by atoms with Crippen molar-refractivity contribution in [2.24, 2.45) is 0 Å². The minimum Gasteiger partial charge on any atom is -0.198 e. The molecule has 0 aliphatic rings. The second-order valence-corrected chi connectivity index (χ2v) is 4.63. The first-order valence-electron chi connectivity index (χ1n) is 4.49. The highest BCUT2D eigenvalue weighted by Crippen LogP contribution is 2.25. The minimum absolute atomic E-state index is 0.329. The zero-order valence-electron chi connectivity index (χ0n) is 7.96. The van der Waals surface area contributed by atoms with Crippen molar-refractivity contribution in [3.8, 4) is 0 Å². The van der Waals surface area contributed by atoms with Gasteiger partial charge in [0, 0.05) is 22.8 Å². The molecule has 0 aromatic heterocycles. The van der Waals surface area contributed by atoms with E-state index in [4.69, 9.17) is 0 Å². The van der Waals surface area contributed by atoms with Crippen molar-refractivity contribution >= 4 is 23.9 Å². The van der Waals surface area contributed by atoms with Gasteiger partial charge in [-0.15, -0.1) is 0 Å². The summed E-state index contributed by atoms with van der Waals surface area (Å²) in [5.41, 5.74) is 1.06.